The molecule has 4 rings (SSSR count). The highest BCUT2D eigenvalue weighted by Crippen LogP contribution is 2.34. The minimum absolute atomic E-state index is 0.176. The van der Waals surface area contributed by atoms with E-state index in [1.807, 2.05) is 60.7 Å². The van der Waals surface area contributed by atoms with Crippen molar-refractivity contribution < 1.29 is 24.5 Å². The molecule has 0 bridgehead atoms. The predicted molar refractivity (Wildman–Crippen MR) is 132 cm³/mol. The normalized spacial score (nSPS) is 9.71. The van der Waals surface area contributed by atoms with Gasteiger partial charge >= 0.3 is 11.9 Å². The smallest absolute Gasteiger partial charge is 0.340 e. The van der Waals surface area contributed by atoms with Gasteiger partial charge in [-0.2, -0.15) is 0 Å². The zero-order valence-electron chi connectivity index (χ0n) is 18.4. The fourth-order valence-electron chi connectivity index (χ4n) is 3.29. The first-order valence-corrected chi connectivity index (χ1v) is 10.6. The predicted octanol–water partition coefficient (Wildman–Crippen LogP) is 5.67. The summed E-state index contributed by atoms with van der Waals surface area (Å²) in [5.74, 6) is 9.24. The Morgan fingerprint density at radius 1 is 0.629 bits per heavy atom. The van der Waals surface area contributed by atoms with Crippen LogP contribution in [0, 0.1) is 23.7 Å². The van der Waals surface area contributed by atoms with E-state index in [0.717, 1.165) is 0 Å². The molecule has 4 aromatic rings. The van der Waals surface area contributed by atoms with Gasteiger partial charge in [-0.15, -0.1) is 0 Å². The van der Waals surface area contributed by atoms with Crippen LogP contribution in [0.4, 0.5) is 0 Å². The molecule has 0 unspecified atom stereocenters. The van der Waals surface area contributed by atoms with Gasteiger partial charge in [0.15, 0.2) is 5.75 Å². The molecule has 0 spiro atoms. The zero-order chi connectivity index (χ0) is 24.6. The van der Waals surface area contributed by atoms with Crippen LogP contribution < -0.4 is 4.74 Å². The summed E-state index contributed by atoms with van der Waals surface area (Å²) in [7, 11) is 0. The summed E-state index contributed by atoms with van der Waals surface area (Å²) in [5, 5.41) is 19.8. The average molecular weight is 458 g/mol. The number of hydrogen-bond donors (Lipinski definition) is 2. The first kappa shape index (κ1) is 22.9. The number of rotatable bonds is 4. The van der Waals surface area contributed by atoms with Gasteiger partial charge < -0.3 is 14.9 Å². The van der Waals surface area contributed by atoms with Crippen LogP contribution in [-0.4, -0.2) is 22.2 Å². The molecular formula is C30H18O5. The van der Waals surface area contributed by atoms with E-state index in [-0.39, 0.29) is 16.9 Å². The lowest BCUT2D eigenvalue weighted by Gasteiger charge is -2.15. The molecule has 5 nitrogen and oxygen atoms in total. The van der Waals surface area contributed by atoms with Crippen molar-refractivity contribution in [3.8, 4) is 35.2 Å². The van der Waals surface area contributed by atoms with Crippen LogP contribution in [0.3, 0.4) is 0 Å². The van der Waals surface area contributed by atoms with Crippen LogP contribution in [0.25, 0.3) is 0 Å². The van der Waals surface area contributed by atoms with Crippen molar-refractivity contribution in [2.45, 2.75) is 0 Å². The molecule has 0 atom stereocenters. The average Bonchev–Trinajstić information content (AvgIpc) is 2.88. The van der Waals surface area contributed by atoms with Gasteiger partial charge in [-0.05, 0) is 42.5 Å². The van der Waals surface area contributed by atoms with Crippen molar-refractivity contribution in [2.75, 3.05) is 0 Å². The summed E-state index contributed by atoms with van der Waals surface area (Å²) < 4.78 is 5.96. The third-order valence-electron chi connectivity index (χ3n) is 4.91. The van der Waals surface area contributed by atoms with Gasteiger partial charge in [0.2, 0.25) is 0 Å². The molecule has 5 heteroatoms. The largest absolute Gasteiger partial charge is 0.478 e. The Bertz CT molecular complexity index is 1500. The Kier molecular flexibility index (Phi) is 6.92. The maximum absolute atomic E-state index is 12.2. The topological polar surface area (TPSA) is 83.8 Å². The second kappa shape index (κ2) is 10.6. The number of hydrogen-bond acceptors (Lipinski definition) is 3. The van der Waals surface area contributed by atoms with Gasteiger partial charge in [-0.25, -0.2) is 9.59 Å². The lowest BCUT2D eigenvalue weighted by atomic mass is 9.96. The highest BCUT2D eigenvalue weighted by molar-refractivity contribution is 6.05. The standard InChI is InChI=1S/C30H18O5/c31-29(32)26-20-23(18-16-21-10-4-1-5-11-21)25(19-17-22-12-6-2-7-13-22)28(27(26)30(33)34)35-24-14-8-3-9-15-24/h1-15,20H,(H,31,32)(H,33,34). The van der Waals surface area contributed by atoms with Crippen molar-refractivity contribution in [1.29, 1.82) is 0 Å². The number of carboxylic acids is 2. The fourth-order valence-corrected chi connectivity index (χ4v) is 3.29. The van der Waals surface area contributed by atoms with Gasteiger partial charge in [0.1, 0.15) is 11.3 Å². The molecule has 0 aromatic heterocycles. The summed E-state index contributed by atoms with van der Waals surface area (Å²) in [6.45, 7) is 0. The van der Waals surface area contributed by atoms with E-state index < -0.39 is 23.1 Å². The summed E-state index contributed by atoms with van der Waals surface area (Å²) in [5.41, 5.74) is 0.891. The Balaban J connectivity index is 2.02. The number of carboxylic acid groups (broad SMARTS) is 2. The fraction of sp³-hybridized carbons (Fsp3) is 0. The van der Waals surface area contributed by atoms with Crippen molar-refractivity contribution in [3.05, 3.63) is 130 Å². The van der Waals surface area contributed by atoms with E-state index in [4.69, 9.17) is 4.74 Å². The molecule has 168 valence electrons. The van der Waals surface area contributed by atoms with Gasteiger partial charge in [0, 0.05) is 16.7 Å². The van der Waals surface area contributed by atoms with Crippen molar-refractivity contribution in [3.63, 3.8) is 0 Å². The molecule has 0 saturated carbocycles. The molecule has 0 aliphatic rings. The molecule has 0 radical (unpaired) electrons. The molecule has 0 aliphatic carbocycles. The Labute approximate surface area is 202 Å². The maximum atomic E-state index is 12.2. The van der Waals surface area contributed by atoms with E-state index in [2.05, 4.69) is 23.7 Å². The number of benzene rings is 4. The van der Waals surface area contributed by atoms with E-state index in [0.29, 0.717) is 16.9 Å². The van der Waals surface area contributed by atoms with E-state index >= 15 is 0 Å². The monoisotopic (exact) mass is 458 g/mol. The van der Waals surface area contributed by atoms with Crippen LogP contribution >= 0.6 is 0 Å². The lowest BCUT2D eigenvalue weighted by Crippen LogP contribution is -2.12. The second-order valence-corrected chi connectivity index (χ2v) is 7.31. The number of para-hydroxylation sites is 1. The molecule has 4 aromatic carbocycles. The lowest BCUT2D eigenvalue weighted by molar-refractivity contribution is 0.0649. The second-order valence-electron chi connectivity index (χ2n) is 7.31. The van der Waals surface area contributed by atoms with Crippen LogP contribution in [0.2, 0.25) is 0 Å². The highest BCUT2D eigenvalue weighted by atomic mass is 16.5. The zero-order valence-corrected chi connectivity index (χ0v) is 18.4. The quantitative estimate of drug-likeness (QED) is 0.385. The molecular weight excluding hydrogens is 440 g/mol. The van der Waals surface area contributed by atoms with E-state index in [1.54, 1.807) is 30.3 Å². The van der Waals surface area contributed by atoms with Gasteiger partial charge in [0.05, 0.1) is 11.1 Å². The maximum Gasteiger partial charge on any atom is 0.340 e. The van der Waals surface area contributed by atoms with E-state index in [1.165, 1.54) is 6.07 Å². The molecule has 0 heterocycles. The first-order chi connectivity index (χ1) is 17.0. The third kappa shape index (κ3) is 5.57. The van der Waals surface area contributed by atoms with Gasteiger partial charge in [0.25, 0.3) is 0 Å². The van der Waals surface area contributed by atoms with Crippen LogP contribution in [0.15, 0.2) is 97.1 Å². The van der Waals surface area contributed by atoms with Crippen LogP contribution in [-0.2, 0) is 0 Å². The SMILES string of the molecule is O=C(O)c1cc(C#Cc2ccccc2)c(C#Cc2ccccc2)c(Oc2ccccc2)c1C(=O)O. The third-order valence-corrected chi connectivity index (χ3v) is 4.91. The van der Waals surface area contributed by atoms with Gasteiger partial charge in [-0.3, -0.25) is 0 Å². The Morgan fingerprint density at radius 2 is 1.14 bits per heavy atom. The van der Waals surface area contributed by atoms with Gasteiger partial charge in [-0.1, -0.05) is 78.3 Å². The molecule has 2 N–H and O–H groups in total. The van der Waals surface area contributed by atoms with Crippen molar-refractivity contribution in [1.82, 2.24) is 0 Å². The Morgan fingerprint density at radius 3 is 1.66 bits per heavy atom. The highest BCUT2D eigenvalue weighted by Gasteiger charge is 2.27. The summed E-state index contributed by atoms with van der Waals surface area (Å²) in [6, 6.07) is 28.0. The van der Waals surface area contributed by atoms with Crippen molar-refractivity contribution >= 4 is 11.9 Å². The minimum atomic E-state index is -1.45. The Hall–Kier alpha value is -5.26. The van der Waals surface area contributed by atoms with Crippen LogP contribution in [0.5, 0.6) is 11.5 Å². The molecule has 0 fully saturated rings. The summed E-state index contributed by atoms with van der Waals surface area (Å²) >= 11 is 0. The summed E-state index contributed by atoms with van der Waals surface area (Å²) in [6.07, 6.45) is 0. The minimum Gasteiger partial charge on any atom is -0.478 e. The first-order valence-electron chi connectivity index (χ1n) is 10.6. The van der Waals surface area contributed by atoms with Crippen LogP contribution in [0.1, 0.15) is 43.0 Å². The number of ether oxygens (including phenoxy) is 1. The summed E-state index contributed by atoms with van der Waals surface area (Å²) in [4.78, 5) is 24.3. The molecule has 0 saturated heterocycles. The number of carbonyl (C=O) groups is 2. The van der Waals surface area contributed by atoms with E-state index in [9.17, 15) is 19.8 Å². The molecule has 35 heavy (non-hydrogen) atoms. The molecule has 0 aliphatic heterocycles. The van der Waals surface area contributed by atoms with Crippen molar-refractivity contribution in [2.24, 2.45) is 0 Å². The number of aromatic carboxylic acids is 2. The molecule has 0 amide bonds.